The van der Waals surface area contributed by atoms with Crippen LogP contribution in [0.3, 0.4) is 0 Å². The van der Waals surface area contributed by atoms with Gasteiger partial charge in [0.2, 0.25) is 0 Å². The predicted octanol–water partition coefficient (Wildman–Crippen LogP) is 3.82. The van der Waals surface area contributed by atoms with E-state index in [2.05, 4.69) is 11.4 Å². The molecule has 0 aromatic carbocycles. The number of aliphatic hydroxyl groups excluding tert-OH is 2. The molecule has 1 aliphatic carbocycles. The van der Waals surface area contributed by atoms with Crippen LogP contribution in [0, 0.1) is 11.8 Å². The number of ether oxygens (including phenoxy) is 1. The molecule has 4 atom stereocenters. The molecule has 1 aliphatic rings. The Bertz CT molecular complexity index is 661. The summed E-state index contributed by atoms with van der Waals surface area (Å²) in [6, 6.07) is 0. The molecule has 0 aromatic heterocycles. The summed E-state index contributed by atoms with van der Waals surface area (Å²) < 4.78 is 19.9. The summed E-state index contributed by atoms with van der Waals surface area (Å²) in [5.41, 5.74) is 0. The molecule has 198 valence electrons. The Morgan fingerprint density at radius 2 is 1.79 bits per heavy atom. The number of Topliss-reactive ketones (excluding diaryl/α,β-unsaturated/α-hetero) is 1. The minimum atomic E-state index is -4.44. The standard InChI is InChI=1S/C24H43O9P/c1-2-3-6-11-19(25)14-15-21-20(22(26)18-23(21)27)12-7-4-5-8-13-24(28)32-16-9-10-17-33-34(29,30)31/h14-15,19-21,23,25,27H,2-13,16-18H2,1H3,(H2,29,30,31)/b15-14+/t19-,20+,21+,23+/m0/s1. The highest BCUT2D eigenvalue weighted by Crippen LogP contribution is 2.36. The zero-order valence-electron chi connectivity index (χ0n) is 20.3. The van der Waals surface area contributed by atoms with Gasteiger partial charge in [0, 0.05) is 24.7 Å². The Labute approximate surface area is 203 Å². The Kier molecular flexibility index (Phi) is 15.8. The van der Waals surface area contributed by atoms with Crippen LogP contribution >= 0.6 is 7.82 Å². The first-order valence-electron chi connectivity index (χ1n) is 12.6. The number of ketones is 1. The lowest BCUT2D eigenvalue weighted by Crippen LogP contribution is -2.19. The second kappa shape index (κ2) is 17.4. The van der Waals surface area contributed by atoms with Gasteiger partial charge in [-0.1, -0.05) is 57.6 Å². The topological polar surface area (TPSA) is 151 Å². The fourth-order valence-electron chi connectivity index (χ4n) is 4.18. The van der Waals surface area contributed by atoms with Crippen LogP contribution in [-0.2, 0) is 23.4 Å². The van der Waals surface area contributed by atoms with Crippen LogP contribution in [0.5, 0.6) is 0 Å². The summed E-state index contributed by atoms with van der Waals surface area (Å²) in [6.45, 7) is 2.22. The first-order valence-corrected chi connectivity index (χ1v) is 14.1. The molecule has 0 amide bonds. The van der Waals surface area contributed by atoms with Crippen LogP contribution in [0.1, 0.15) is 90.4 Å². The van der Waals surface area contributed by atoms with Crippen molar-refractivity contribution in [2.45, 2.75) is 103 Å². The summed E-state index contributed by atoms with van der Waals surface area (Å²) >= 11 is 0. The van der Waals surface area contributed by atoms with Crippen LogP contribution in [0.25, 0.3) is 0 Å². The molecule has 0 aromatic rings. The van der Waals surface area contributed by atoms with E-state index in [0.717, 1.165) is 38.5 Å². The third kappa shape index (κ3) is 14.3. The number of phosphoric acid groups is 1. The minimum absolute atomic E-state index is 0.0809. The van der Waals surface area contributed by atoms with Crippen LogP contribution < -0.4 is 0 Å². The van der Waals surface area contributed by atoms with Gasteiger partial charge >= 0.3 is 13.8 Å². The highest BCUT2D eigenvalue weighted by Gasteiger charge is 2.39. The molecule has 1 fully saturated rings. The van der Waals surface area contributed by atoms with Crippen molar-refractivity contribution in [1.29, 1.82) is 0 Å². The Balaban J connectivity index is 2.17. The third-order valence-electron chi connectivity index (χ3n) is 6.10. The summed E-state index contributed by atoms with van der Waals surface area (Å²) in [7, 11) is -4.44. The van der Waals surface area contributed by atoms with Gasteiger partial charge in [-0.2, -0.15) is 0 Å². The normalized spacial score (nSPS) is 21.9. The van der Waals surface area contributed by atoms with Gasteiger partial charge in [-0.25, -0.2) is 4.57 Å². The molecular formula is C24H43O9P. The number of unbranched alkanes of at least 4 members (excludes halogenated alkanes) is 6. The number of phosphoric ester groups is 1. The lowest BCUT2D eigenvalue weighted by molar-refractivity contribution is -0.144. The van der Waals surface area contributed by atoms with E-state index in [0.29, 0.717) is 38.5 Å². The molecule has 4 N–H and O–H groups in total. The summed E-state index contributed by atoms with van der Waals surface area (Å²) in [5.74, 6) is -0.672. The molecule has 9 nitrogen and oxygen atoms in total. The second-order valence-corrected chi connectivity index (χ2v) is 10.3. The van der Waals surface area contributed by atoms with Crippen molar-refractivity contribution in [1.82, 2.24) is 0 Å². The van der Waals surface area contributed by atoms with Gasteiger partial charge in [0.25, 0.3) is 0 Å². The van der Waals surface area contributed by atoms with Crippen molar-refractivity contribution >= 4 is 19.6 Å². The third-order valence-corrected chi connectivity index (χ3v) is 6.62. The predicted molar refractivity (Wildman–Crippen MR) is 128 cm³/mol. The molecular weight excluding hydrogens is 463 g/mol. The van der Waals surface area contributed by atoms with Crippen LogP contribution in [-0.4, -0.2) is 57.2 Å². The molecule has 1 rings (SSSR count). The lowest BCUT2D eigenvalue weighted by atomic mass is 9.88. The van der Waals surface area contributed by atoms with E-state index in [1.165, 1.54) is 0 Å². The van der Waals surface area contributed by atoms with Crippen molar-refractivity contribution < 1.29 is 43.4 Å². The number of rotatable bonds is 19. The maximum atomic E-state index is 12.3. The Morgan fingerprint density at radius 3 is 2.50 bits per heavy atom. The zero-order valence-corrected chi connectivity index (χ0v) is 21.2. The van der Waals surface area contributed by atoms with Gasteiger partial charge in [-0.05, 0) is 32.1 Å². The number of carbonyl (C=O) groups excluding carboxylic acids is 2. The summed E-state index contributed by atoms with van der Waals surface area (Å²) in [5, 5.41) is 20.4. The molecule has 34 heavy (non-hydrogen) atoms. The van der Waals surface area contributed by atoms with E-state index >= 15 is 0 Å². The van der Waals surface area contributed by atoms with Crippen molar-refractivity contribution in [3.05, 3.63) is 12.2 Å². The molecule has 0 unspecified atom stereocenters. The van der Waals surface area contributed by atoms with E-state index < -0.39 is 20.0 Å². The highest BCUT2D eigenvalue weighted by molar-refractivity contribution is 7.46. The number of carbonyl (C=O) groups is 2. The van der Waals surface area contributed by atoms with E-state index in [1.807, 2.05) is 6.08 Å². The Morgan fingerprint density at radius 1 is 1.09 bits per heavy atom. The number of aliphatic hydroxyl groups is 2. The van der Waals surface area contributed by atoms with Crippen molar-refractivity contribution in [2.24, 2.45) is 11.8 Å². The summed E-state index contributed by atoms with van der Waals surface area (Å²) in [4.78, 5) is 41.2. The minimum Gasteiger partial charge on any atom is -0.466 e. The van der Waals surface area contributed by atoms with Crippen molar-refractivity contribution in [3.63, 3.8) is 0 Å². The van der Waals surface area contributed by atoms with Gasteiger partial charge in [0.1, 0.15) is 5.78 Å². The maximum Gasteiger partial charge on any atom is 0.469 e. The lowest BCUT2D eigenvalue weighted by Gasteiger charge is -2.18. The molecule has 10 heteroatoms. The summed E-state index contributed by atoms with van der Waals surface area (Å²) in [6.07, 6.45) is 11.4. The largest absolute Gasteiger partial charge is 0.469 e. The first-order chi connectivity index (χ1) is 16.1. The Hall–Kier alpha value is -1.09. The van der Waals surface area contributed by atoms with E-state index in [1.54, 1.807) is 6.08 Å². The number of esters is 1. The van der Waals surface area contributed by atoms with Crippen LogP contribution in [0.15, 0.2) is 12.2 Å². The van der Waals surface area contributed by atoms with Gasteiger partial charge in [0.15, 0.2) is 0 Å². The zero-order chi connectivity index (χ0) is 25.4. The van der Waals surface area contributed by atoms with Crippen LogP contribution in [0.2, 0.25) is 0 Å². The molecule has 0 aliphatic heterocycles. The van der Waals surface area contributed by atoms with Crippen molar-refractivity contribution in [3.8, 4) is 0 Å². The van der Waals surface area contributed by atoms with Crippen molar-refractivity contribution in [2.75, 3.05) is 13.2 Å². The molecule has 0 saturated heterocycles. The smallest absolute Gasteiger partial charge is 0.466 e. The molecule has 0 spiro atoms. The van der Waals surface area contributed by atoms with E-state index in [9.17, 15) is 24.4 Å². The van der Waals surface area contributed by atoms with E-state index in [4.69, 9.17) is 14.5 Å². The molecule has 0 bridgehead atoms. The van der Waals surface area contributed by atoms with Gasteiger partial charge < -0.3 is 24.7 Å². The number of hydrogen-bond donors (Lipinski definition) is 4. The van der Waals surface area contributed by atoms with Gasteiger partial charge in [0.05, 0.1) is 25.4 Å². The first kappa shape index (κ1) is 30.9. The van der Waals surface area contributed by atoms with E-state index in [-0.39, 0.29) is 43.2 Å². The highest BCUT2D eigenvalue weighted by atomic mass is 31.2. The van der Waals surface area contributed by atoms with Gasteiger partial charge in [-0.15, -0.1) is 0 Å². The molecule has 0 heterocycles. The average Bonchev–Trinajstić information content (AvgIpc) is 3.03. The fraction of sp³-hybridized carbons (Fsp3) is 0.833. The van der Waals surface area contributed by atoms with Gasteiger partial charge in [-0.3, -0.25) is 14.1 Å². The SMILES string of the molecule is CCCCC[C@H](O)/C=C/[C@H]1[C@H](O)CC(=O)[C@@H]1CCCCCCC(=O)OCCCCOP(=O)(O)O. The molecule has 1 saturated carbocycles. The molecule has 0 radical (unpaired) electrons. The quantitative estimate of drug-likeness (QED) is 0.0887. The monoisotopic (exact) mass is 506 g/mol. The number of hydrogen-bond acceptors (Lipinski definition) is 7. The fourth-order valence-corrected chi connectivity index (χ4v) is 4.55. The average molecular weight is 507 g/mol. The second-order valence-electron chi connectivity index (χ2n) is 9.07. The maximum absolute atomic E-state index is 12.3. The van der Waals surface area contributed by atoms with Crippen LogP contribution in [0.4, 0.5) is 0 Å².